The van der Waals surface area contributed by atoms with Gasteiger partial charge in [-0.15, -0.1) is 13.1 Å². The van der Waals surface area contributed by atoms with Crippen LogP contribution in [-0.4, -0.2) is 50.3 Å². The van der Waals surface area contributed by atoms with Crippen molar-refractivity contribution in [2.24, 2.45) is 5.92 Å². The normalized spacial score (nSPS) is 27.0. The molecule has 2 rings (SSSR count). The third kappa shape index (κ3) is 4.35. The van der Waals surface area contributed by atoms with Crippen molar-refractivity contribution < 1.29 is 56.1 Å². The maximum Gasteiger partial charge on any atom is 1.00 e. The Labute approximate surface area is 136 Å². The van der Waals surface area contributed by atoms with Crippen molar-refractivity contribution in [1.29, 1.82) is 0 Å². The molecule has 2 fully saturated rings. The Balaban J connectivity index is 0.00000112. The first kappa shape index (κ1) is 14.6. The Morgan fingerprint density at radius 1 is 1.20 bits per heavy atom. The second-order valence-corrected chi connectivity index (χ2v) is 4.40. The molecule has 82 valence electrons. The fourth-order valence-electron chi connectivity index (χ4n) is 2.54. The molecule has 1 unspecified atom stereocenters. The Hall–Kier alpha value is 1.52. The first-order valence-corrected chi connectivity index (χ1v) is 5.83. The van der Waals surface area contributed by atoms with Crippen molar-refractivity contribution >= 4 is 0 Å². The van der Waals surface area contributed by atoms with Crippen molar-refractivity contribution in [2.45, 2.75) is 25.8 Å². The van der Waals surface area contributed by atoms with Gasteiger partial charge in [0.2, 0.25) is 0 Å². The van der Waals surface area contributed by atoms with Crippen molar-refractivity contribution in [2.75, 3.05) is 39.4 Å². The minimum absolute atomic E-state index is 0. The van der Waals surface area contributed by atoms with Crippen LogP contribution >= 0.6 is 0 Å². The summed E-state index contributed by atoms with van der Waals surface area (Å²) in [7, 11) is 0. The monoisotopic (exact) mass is 236 g/mol. The summed E-state index contributed by atoms with van der Waals surface area (Å²) in [6.07, 6.45) is 2.58. The number of ether oxygens (including phenoxy) is 1. The van der Waals surface area contributed by atoms with Gasteiger partial charge in [0, 0.05) is 19.1 Å². The summed E-state index contributed by atoms with van der Waals surface area (Å²) >= 11 is 0. The molecule has 0 aliphatic carbocycles. The maximum atomic E-state index is 5.38. The van der Waals surface area contributed by atoms with E-state index in [0.717, 1.165) is 51.4 Å². The van der Waals surface area contributed by atoms with Gasteiger partial charge in [-0.25, -0.2) is 0 Å². The number of morpholine rings is 1. The van der Waals surface area contributed by atoms with Gasteiger partial charge in [-0.1, -0.05) is 12.8 Å². The molecular weight excluding hydrogens is 215 g/mol. The van der Waals surface area contributed by atoms with E-state index < -0.39 is 0 Å². The van der Waals surface area contributed by atoms with E-state index in [1.54, 1.807) is 0 Å². The predicted octanol–water partition coefficient (Wildman–Crippen LogP) is -1.51. The molecule has 0 radical (unpaired) electrons. The molecular formula is C11H21KN2O. The third-order valence-electron chi connectivity index (χ3n) is 3.62. The first-order valence-electron chi connectivity index (χ1n) is 5.83. The minimum Gasteiger partial charge on any atom is -0.662 e. The molecule has 0 N–H and O–H groups in total. The Morgan fingerprint density at radius 3 is 2.40 bits per heavy atom. The van der Waals surface area contributed by atoms with Crippen LogP contribution in [0, 0.1) is 5.92 Å². The van der Waals surface area contributed by atoms with Gasteiger partial charge in [0.25, 0.3) is 0 Å². The summed E-state index contributed by atoms with van der Waals surface area (Å²) in [6.45, 7) is 8.62. The Morgan fingerprint density at radius 2 is 1.80 bits per heavy atom. The number of piperidine rings is 1. The van der Waals surface area contributed by atoms with Crippen molar-refractivity contribution in [3.05, 3.63) is 5.32 Å². The van der Waals surface area contributed by atoms with Crippen LogP contribution in [0.15, 0.2) is 0 Å². The topological polar surface area (TPSA) is 26.6 Å². The van der Waals surface area contributed by atoms with Crippen LogP contribution in [-0.2, 0) is 4.74 Å². The molecule has 1 atom stereocenters. The van der Waals surface area contributed by atoms with Crippen LogP contribution in [0.5, 0.6) is 0 Å². The predicted molar refractivity (Wildman–Crippen MR) is 57.7 cm³/mol. The smallest absolute Gasteiger partial charge is 0.662 e. The molecule has 2 heterocycles. The summed E-state index contributed by atoms with van der Waals surface area (Å²) in [5.41, 5.74) is 0. The largest absolute Gasteiger partial charge is 1.00 e. The van der Waals surface area contributed by atoms with Crippen LogP contribution < -0.4 is 51.4 Å². The van der Waals surface area contributed by atoms with Gasteiger partial charge in [0.05, 0.1) is 13.2 Å². The van der Waals surface area contributed by atoms with Crippen LogP contribution in [0.4, 0.5) is 0 Å². The fraction of sp³-hybridized carbons (Fsp3) is 1.00. The van der Waals surface area contributed by atoms with Crippen molar-refractivity contribution in [3.63, 3.8) is 0 Å². The molecule has 0 bridgehead atoms. The molecule has 2 saturated heterocycles. The maximum absolute atomic E-state index is 5.38. The van der Waals surface area contributed by atoms with E-state index in [0.29, 0.717) is 0 Å². The number of nitrogens with zero attached hydrogens (tertiary/aromatic N) is 2. The van der Waals surface area contributed by atoms with E-state index >= 15 is 0 Å². The zero-order valence-electron chi connectivity index (χ0n) is 10.1. The van der Waals surface area contributed by atoms with E-state index in [1.807, 2.05) is 0 Å². The average molecular weight is 236 g/mol. The zero-order chi connectivity index (χ0) is 9.80. The summed E-state index contributed by atoms with van der Waals surface area (Å²) in [5.74, 6) is 0.866. The van der Waals surface area contributed by atoms with Gasteiger partial charge >= 0.3 is 51.4 Å². The van der Waals surface area contributed by atoms with Gasteiger partial charge in [-0.05, 0) is 12.8 Å². The molecule has 0 aromatic carbocycles. The average Bonchev–Trinajstić information content (AvgIpc) is 2.30. The van der Waals surface area contributed by atoms with E-state index in [-0.39, 0.29) is 51.4 Å². The molecule has 0 aromatic heterocycles. The molecule has 0 aromatic rings. The van der Waals surface area contributed by atoms with E-state index in [9.17, 15) is 0 Å². The van der Waals surface area contributed by atoms with Gasteiger partial charge in [0.1, 0.15) is 0 Å². The summed E-state index contributed by atoms with van der Waals surface area (Å²) in [5, 5.41) is 4.41. The standard InChI is InChI=1S/C11H21N2O.K/c1-10(11-2-4-12-5-3-11)13-6-8-14-9-7-13;/h10-11H,2-9H2,1H3;/q-1;+1. The number of hydrogen-bond donors (Lipinski definition) is 0. The van der Waals surface area contributed by atoms with Gasteiger partial charge in [-0.2, -0.15) is 0 Å². The van der Waals surface area contributed by atoms with E-state index in [4.69, 9.17) is 4.74 Å². The fourth-order valence-corrected chi connectivity index (χ4v) is 2.54. The van der Waals surface area contributed by atoms with Crippen LogP contribution in [0.3, 0.4) is 0 Å². The molecule has 0 spiro atoms. The second-order valence-electron chi connectivity index (χ2n) is 4.40. The summed E-state index contributed by atoms with van der Waals surface area (Å²) in [4.78, 5) is 2.58. The molecule has 2 aliphatic rings. The van der Waals surface area contributed by atoms with Gasteiger partial charge in [0.15, 0.2) is 0 Å². The van der Waals surface area contributed by atoms with Crippen molar-refractivity contribution in [1.82, 2.24) is 4.90 Å². The van der Waals surface area contributed by atoms with E-state index in [2.05, 4.69) is 17.1 Å². The Bertz CT molecular complexity index is 150. The number of hydrogen-bond acceptors (Lipinski definition) is 2. The van der Waals surface area contributed by atoms with Crippen LogP contribution in [0.2, 0.25) is 0 Å². The van der Waals surface area contributed by atoms with Gasteiger partial charge < -0.3 is 10.1 Å². The summed E-state index contributed by atoms with van der Waals surface area (Å²) in [6, 6.07) is 0.731. The van der Waals surface area contributed by atoms with Crippen LogP contribution in [0.25, 0.3) is 5.32 Å². The van der Waals surface area contributed by atoms with Gasteiger partial charge in [-0.3, -0.25) is 4.90 Å². The molecule has 3 nitrogen and oxygen atoms in total. The molecule has 0 amide bonds. The summed E-state index contributed by atoms with van der Waals surface area (Å²) < 4.78 is 5.38. The zero-order valence-corrected chi connectivity index (χ0v) is 13.2. The molecule has 0 saturated carbocycles. The first-order chi connectivity index (χ1) is 6.88. The molecule has 4 heteroatoms. The Kier molecular flexibility index (Phi) is 7.55. The molecule has 15 heavy (non-hydrogen) atoms. The SMILES string of the molecule is CC(C1CC[N-]CC1)N1CCOCC1.[K+]. The quantitative estimate of drug-likeness (QED) is 0.545. The molecule has 2 aliphatic heterocycles. The third-order valence-corrected chi connectivity index (χ3v) is 3.62. The second kappa shape index (κ2) is 7.77. The number of rotatable bonds is 2. The van der Waals surface area contributed by atoms with Crippen LogP contribution in [0.1, 0.15) is 19.8 Å². The minimum atomic E-state index is 0. The van der Waals surface area contributed by atoms with E-state index in [1.165, 1.54) is 12.8 Å². The van der Waals surface area contributed by atoms with Crippen molar-refractivity contribution in [3.8, 4) is 0 Å².